The van der Waals surface area contributed by atoms with Crippen molar-refractivity contribution in [3.63, 3.8) is 0 Å². The molecule has 0 aliphatic carbocycles. The minimum Gasteiger partial charge on any atom is -0.324 e. The van der Waals surface area contributed by atoms with Gasteiger partial charge in [-0.2, -0.15) is 17.9 Å². The van der Waals surface area contributed by atoms with Crippen molar-refractivity contribution in [3.05, 3.63) is 72.3 Å². The Labute approximate surface area is 165 Å². The van der Waals surface area contributed by atoms with E-state index in [4.69, 9.17) is 0 Å². The first kappa shape index (κ1) is 20.8. The molecule has 0 aliphatic heterocycles. The van der Waals surface area contributed by atoms with Crippen LogP contribution in [0.4, 0.5) is 18.9 Å². The second-order valence-electron chi connectivity index (χ2n) is 6.38. The Morgan fingerprint density at radius 2 is 1.55 bits per heavy atom. The molecule has 3 aromatic rings. The Kier molecular flexibility index (Phi) is 5.63. The van der Waals surface area contributed by atoms with E-state index in [-0.39, 0.29) is 4.90 Å². The first-order chi connectivity index (χ1) is 13.6. The first-order valence-corrected chi connectivity index (χ1v) is 10.0. The third-order valence-corrected chi connectivity index (χ3v) is 5.79. The summed E-state index contributed by atoms with van der Waals surface area (Å²) >= 11 is 0. The first-order valence-electron chi connectivity index (χ1n) is 8.56. The number of carbonyl (C=O) groups is 1. The maximum atomic E-state index is 13.1. The van der Waals surface area contributed by atoms with Crippen LogP contribution < -0.4 is 10.0 Å². The molecule has 0 bridgehead atoms. The maximum Gasteiger partial charge on any atom is 0.418 e. The largest absolute Gasteiger partial charge is 0.418 e. The average Bonchev–Trinajstić information content (AvgIpc) is 2.66. The number of fused-ring (bicyclic) bond motifs is 1. The van der Waals surface area contributed by atoms with Crippen LogP contribution in [0.2, 0.25) is 0 Å². The predicted octanol–water partition coefficient (Wildman–Crippen LogP) is 4.16. The minimum absolute atomic E-state index is 0.0495. The van der Waals surface area contributed by atoms with Gasteiger partial charge in [0.1, 0.15) is 0 Å². The molecule has 0 saturated heterocycles. The lowest BCUT2D eigenvalue weighted by Gasteiger charge is -2.17. The summed E-state index contributed by atoms with van der Waals surface area (Å²) in [5, 5.41) is 3.68. The molecule has 0 saturated carbocycles. The molecule has 3 rings (SSSR count). The van der Waals surface area contributed by atoms with Crippen molar-refractivity contribution in [1.29, 1.82) is 0 Å². The van der Waals surface area contributed by atoms with Crippen LogP contribution in [0.3, 0.4) is 0 Å². The van der Waals surface area contributed by atoms with Gasteiger partial charge in [-0.25, -0.2) is 8.42 Å². The zero-order valence-electron chi connectivity index (χ0n) is 15.2. The zero-order valence-corrected chi connectivity index (χ0v) is 16.0. The number of alkyl halides is 3. The lowest BCUT2D eigenvalue weighted by atomic mass is 10.1. The van der Waals surface area contributed by atoms with Gasteiger partial charge in [0.25, 0.3) is 0 Å². The van der Waals surface area contributed by atoms with Crippen molar-refractivity contribution in [2.24, 2.45) is 0 Å². The molecule has 0 unspecified atom stereocenters. The summed E-state index contributed by atoms with van der Waals surface area (Å²) in [5.74, 6) is -0.911. The fourth-order valence-electron chi connectivity index (χ4n) is 2.77. The molecule has 9 heteroatoms. The number of nitrogens with one attached hydrogen (secondary N) is 2. The third-order valence-electron chi connectivity index (χ3n) is 4.25. The number of amides is 1. The topological polar surface area (TPSA) is 75.3 Å². The highest BCUT2D eigenvalue weighted by atomic mass is 32.2. The SMILES string of the molecule is C[C@H](NS(=O)(=O)c1ccc2ccccc2c1)C(=O)Nc1ccccc1C(F)(F)F. The van der Waals surface area contributed by atoms with Crippen LogP contribution in [0.1, 0.15) is 12.5 Å². The van der Waals surface area contributed by atoms with E-state index in [1.54, 1.807) is 18.2 Å². The maximum absolute atomic E-state index is 13.1. The number of sulfonamides is 1. The van der Waals surface area contributed by atoms with E-state index in [1.807, 2.05) is 12.1 Å². The molecule has 3 aromatic carbocycles. The number of benzene rings is 3. The molecule has 2 N–H and O–H groups in total. The highest BCUT2D eigenvalue weighted by molar-refractivity contribution is 7.89. The van der Waals surface area contributed by atoms with Crippen LogP contribution in [0.5, 0.6) is 0 Å². The fourth-order valence-corrected chi connectivity index (χ4v) is 4.01. The van der Waals surface area contributed by atoms with E-state index in [0.717, 1.165) is 17.5 Å². The van der Waals surface area contributed by atoms with Gasteiger partial charge < -0.3 is 5.32 Å². The molecule has 1 atom stereocenters. The number of halogens is 3. The molecule has 0 fully saturated rings. The smallest absolute Gasteiger partial charge is 0.324 e. The molecule has 0 radical (unpaired) electrons. The molecule has 0 spiro atoms. The summed E-state index contributed by atoms with van der Waals surface area (Å²) in [6.07, 6.45) is -4.66. The van der Waals surface area contributed by atoms with Crippen molar-refractivity contribution >= 4 is 32.4 Å². The summed E-state index contributed by atoms with van der Waals surface area (Å²) in [5.41, 5.74) is -1.46. The number of hydrogen-bond donors (Lipinski definition) is 2. The zero-order chi connectivity index (χ0) is 21.2. The summed E-state index contributed by atoms with van der Waals surface area (Å²) < 4.78 is 66.6. The van der Waals surface area contributed by atoms with E-state index in [2.05, 4.69) is 10.0 Å². The normalized spacial score (nSPS) is 13.2. The van der Waals surface area contributed by atoms with E-state index >= 15 is 0 Å². The summed E-state index contributed by atoms with van der Waals surface area (Å²) in [7, 11) is -4.06. The number of carbonyl (C=O) groups excluding carboxylic acids is 1. The van der Waals surface area contributed by atoms with Crippen molar-refractivity contribution in [1.82, 2.24) is 4.72 Å². The van der Waals surface area contributed by atoms with Crippen LogP contribution in [0.15, 0.2) is 71.6 Å². The standard InChI is InChI=1S/C20H17F3N2O3S/c1-13(19(26)24-18-9-5-4-8-17(18)20(21,22)23)25-29(27,28)16-11-10-14-6-2-3-7-15(14)12-16/h2-13,25H,1H3,(H,24,26)/t13-/m0/s1. The van der Waals surface area contributed by atoms with E-state index in [0.29, 0.717) is 5.39 Å². The highest BCUT2D eigenvalue weighted by Crippen LogP contribution is 2.34. The van der Waals surface area contributed by atoms with Gasteiger partial charge in [-0.15, -0.1) is 0 Å². The molecule has 0 aromatic heterocycles. The number of para-hydroxylation sites is 1. The second kappa shape index (κ2) is 7.84. The lowest BCUT2D eigenvalue weighted by Crippen LogP contribution is -2.41. The van der Waals surface area contributed by atoms with Crippen LogP contribution in [0.25, 0.3) is 10.8 Å². The Balaban J connectivity index is 1.78. The highest BCUT2D eigenvalue weighted by Gasteiger charge is 2.34. The van der Waals surface area contributed by atoms with Gasteiger partial charge >= 0.3 is 6.18 Å². The second-order valence-corrected chi connectivity index (χ2v) is 8.10. The van der Waals surface area contributed by atoms with E-state index in [9.17, 15) is 26.4 Å². The van der Waals surface area contributed by atoms with Crippen LogP contribution in [-0.4, -0.2) is 20.4 Å². The molecule has 29 heavy (non-hydrogen) atoms. The van der Waals surface area contributed by atoms with Crippen LogP contribution in [-0.2, 0) is 21.0 Å². The van der Waals surface area contributed by atoms with Crippen LogP contribution >= 0.6 is 0 Å². The van der Waals surface area contributed by atoms with Gasteiger partial charge in [-0.1, -0.05) is 42.5 Å². The third kappa shape index (κ3) is 4.75. The minimum atomic E-state index is -4.66. The monoisotopic (exact) mass is 422 g/mol. The van der Waals surface area contributed by atoms with E-state index < -0.39 is 39.4 Å². The van der Waals surface area contributed by atoms with Crippen molar-refractivity contribution in [2.45, 2.75) is 24.0 Å². The lowest BCUT2D eigenvalue weighted by molar-refractivity contribution is -0.137. The number of anilines is 1. The fraction of sp³-hybridized carbons (Fsp3) is 0.150. The Bertz CT molecular complexity index is 1160. The predicted molar refractivity (Wildman–Crippen MR) is 104 cm³/mol. The number of hydrogen-bond acceptors (Lipinski definition) is 3. The Hall–Kier alpha value is -2.91. The van der Waals surface area contributed by atoms with Crippen molar-refractivity contribution < 1.29 is 26.4 Å². The molecule has 0 heterocycles. The van der Waals surface area contributed by atoms with Crippen molar-refractivity contribution in [2.75, 3.05) is 5.32 Å². The summed E-state index contributed by atoms with van der Waals surface area (Å²) in [4.78, 5) is 12.3. The van der Waals surface area contributed by atoms with Gasteiger partial charge in [-0.3, -0.25) is 4.79 Å². The average molecular weight is 422 g/mol. The van der Waals surface area contributed by atoms with Gasteiger partial charge in [0.05, 0.1) is 22.2 Å². The molecule has 1 amide bonds. The Morgan fingerprint density at radius 3 is 2.24 bits per heavy atom. The molecular weight excluding hydrogens is 405 g/mol. The van der Waals surface area contributed by atoms with Gasteiger partial charge in [0.2, 0.25) is 15.9 Å². The molecule has 152 valence electrons. The Morgan fingerprint density at radius 1 is 0.931 bits per heavy atom. The summed E-state index contributed by atoms with van der Waals surface area (Å²) in [6.45, 7) is 1.25. The molecule has 0 aliphatic rings. The van der Waals surface area contributed by atoms with E-state index in [1.165, 1.54) is 31.2 Å². The van der Waals surface area contributed by atoms with Gasteiger partial charge in [0.15, 0.2) is 0 Å². The van der Waals surface area contributed by atoms with Gasteiger partial charge in [0, 0.05) is 0 Å². The quantitative estimate of drug-likeness (QED) is 0.648. The molecular formula is C20H17F3N2O3S. The number of rotatable bonds is 5. The van der Waals surface area contributed by atoms with Crippen molar-refractivity contribution in [3.8, 4) is 0 Å². The van der Waals surface area contributed by atoms with Gasteiger partial charge in [-0.05, 0) is 42.0 Å². The summed E-state index contributed by atoms with van der Waals surface area (Å²) in [6, 6.07) is 14.8. The molecule has 5 nitrogen and oxygen atoms in total. The van der Waals surface area contributed by atoms with Crippen LogP contribution in [0, 0.1) is 0 Å².